The summed E-state index contributed by atoms with van der Waals surface area (Å²) in [6, 6.07) is 27.0. The molecule has 50 heavy (non-hydrogen) atoms. The zero-order valence-corrected chi connectivity index (χ0v) is 29.9. The number of benzene rings is 3. The first-order valence-electron chi connectivity index (χ1n) is 17.2. The molecule has 5 rings (SSSR count). The summed E-state index contributed by atoms with van der Waals surface area (Å²) < 4.78 is 5.14. The number of unbranched alkanes of at least 4 members (excludes halogenated alkanes) is 6. The van der Waals surface area contributed by atoms with Crippen LogP contribution in [0.3, 0.4) is 0 Å². The molecule has 3 aromatic rings. The van der Waals surface area contributed by atoms with E-state index in [0.717, 1.165) is 64.8 Å². The largest absolute Gasteiger partial charge is 2.00 e. The maximum absolute atomic E-state index is 12.6. The van der Waals surface area contributed by atoms with Crippen LogP contribution in [0.5, 0.6) is 5.75 Å². The summed E-state index contributed by atoms with van der Waals surface area (Å²) in [5, 5.41) is 24.2. The summed E-state index contributed by atoms with van der Waals surface area (Å²) in [5.74, 6) is 1.11. The van der Waals surface area contributed by atoms with Crippen LogP contribution < -0.4 is 14.9 Å². The van der Waals surface area contributed by atoms with E-state index in [4.69, 9.17) is 4.74 Å². The first-order chi connectivity index (χ1) is 24.0. The van der Waals surface area contributed by atoms with E-state index in [0.29, 0.717) is 6.42 Å². The maximum Gasteiger partial charge on any atom is 2.00 e. The van der Waals surface area contributed by atoms with Crippen LogP contribution in [0.25, 0.3) is 12.2 Å². The molecule has 2 aliphatic rings. The molecule has 0 spiro atoms. The fraction of sp³-hybridized carbons (Fsp3) is 0.222. The summed E-state index contributed by atoms with van der Waals surface area (Å²) in [7, 11) is 1.63. The van der Waals surface area contributed by atoms with Gasteiger partial charge in [0.05, 0.1) is 7.11 Å². The first-order valence-corrected chi connectivity index (χ1v) is 17.2. The predicted octanol–water partition coefficient (Wildman–Crippen LogP) is 9.65. The summed E-state index contributed by atoms with van der Waals surface area (Å²) >= 11 is 0. The molecule has 2 aliphatic carbocycles. The molecular formula is C45H46FeO4. The van der Waals surface area contributed by atoms with Crippen molar-refractivity contribution < 1.29 is 36.8 Å². The molecule has 258 valence electrons. The van der Waals surface area contributed by atoms with Crippen LogP contribution in [0.2, 0.25) is 0 Å². The summed E-state index contributed by atoms with van der Waals surface area (Å²) in [6.07, 6.45) is 29.8. The smallest absolute Gasteiger partial charge is 0.872 e. The van der Waals surface area contributed by atoms with Crippen LogP contribution >= 0.6 is 0 Å². The molecule has 0 atom stereocenters. The number of Topliss-reactive ketones (excluding diaryl/α,β-unsaturated/α-hetero) is 1. The van der Waals surface area contributed by atoms with Crippen LogP contribution in [0.1, 0.15) is 79.3 Å². The second kappa shape index (κ2) is 22.7. The number of methoxy groups -OCH3 is 1. The Morgan fingerprint density at radius 1 is 0.640 bits per heavy atom. The Hall–Kier alpha value is -4.83. The quantitative estimate of drug-likeness (QED) is 0.0644. The normalized spacial score (nSPS) is 14.0. The molecule has 0 fully saturated rings. The zero-order valence-electron chi connectivity index (χ0n) is 28.8. The minimum atomic E-state index is 0. The van der Waals surface area contributed by atoms with Gasteiger partial charge in [-0.15, -0.1) is 11.5 Å². The number of ether oxygens (including phenoxy) is 1. The Morgan fingerprint density at radius 3 is 1.76 bits per heavy atom. The Bertz CT molecular complexity index is 1710. The maximum atomic E-state index is 12.6. The minimum Gasteiger partial charge on any atom is -0.872 e. The Morgan fingerprint density at radius 2 is 1.18 bits per heavy atom. The average molecular weight is 707 g/mol. The van der Waals surface area contributed by atoms with Gasteiger partial charge in [-0.1, -0.05) is 160 Å². The molecule has 0 bridgehead atoms. The SMILES string of the molecule is COc1ccc(C(=O)CCCCCCCCCC2=CC=CC2=C([O-])C=Cc2ccccc2)cc1.[Fe+2].[O-]C(C=Cc1ccccc1)=C1C=CC=C1. The fourth-order valence-corrected chi connectivity index (χ4v) is 5.52. The van der Waals surface area contributed by atoms with Gasteiger partial charge < -0.3 is 14.9 Å². The fourth-order valence-electron chi connectivity index (χ4n) is 5.52. The van der Waals surface area contributed by atoms with Gasteiger partial charge in [0.15, 0.2) is 5.78 Å². The van der Waals surface area contributed by atoms with Crippen molar-refractivity contribution in [1.82, 2.24) is 0 Å². The third-order valence-corrected chi connectivity index (χ3v) is 8.33. The van der Waals surface area contributed by atoms with E-state index < -0.39 is 0 Å². The van der Waals surface area contributed by atoms with Crippen LogP contribution in [0.4, 0.5) is 0 Å². The van der Waals surface area contributed by atoms with Crippen molar-refractivity contribution in [2.45, 2.75) is 57.8 Å². The molecule has 0 amide bonds. The van der Waals surface area contributed by atoms with Gasteiger partial charge in [-0.25, -0.2) is 0 Å². The number of carbonyl (C=O) groups excluding carboxylic acids is 1. The van der Waals surface area contributed by atoms with Crippen LogP contribution in [-0.4, -0.2) is 12.9 Å². The van der Waals surface area contributed by atoms with Crippen molar-refractivity contribution in [2.24, 2.45) is 0 Å². The van der Waals surface area contributed by atoms with Crippen molar-refractivity contribution in [1.29, 1.82) is 0 Å². The molecular weight excluding hydrogens is 660 g/mol. The number of hydrogen-bond acceptors (Lipinski definition) is 4. The summed E-state index contributed by atoms with van der Waals surface area (Å²) in [4.78, 5) is 12.3. The summed E-state index contributed by atoms with van der Waals surface area (Å²) in [6.45, 7) is 0. The van der Waals surface area contributed by atoms with E-state index in [1.165, 1.54) is 25.7 Å². The molecule has 0 N–H and O–H groups in total. The molecule has 4 nitrogen and oxygen atoms in total. The Kier molecular flexibility index (Phi) is 18.0. The first kappa shape index (κ1) is 39.6. The van der Waals surface area contributed by atoms with Gasteiger partial charge in [0.25, 0.3) is 0 Å². The second-order valence-electron chi connectivity index (χ2n) is 12.0. The van der Waals surface area contributed by atoms with Gasteiger partial charge in [0.1, 0.15) is 5.75 Å². The van der Waals surface area contributed by atoms with Crippen LogP contribution in [0, 0.1) is 0 Å². The third kappa shape index (κ3) is 14.0. The molecule has 0 saturated heterocycles. The van der Waals surface area contributed by atoms with E-state index in [2.05, 4.69) is 6.08 Å². The minimum absolute atomic E-state index is 0. The molecule has 0 aliphatic heterocycles. The van der Waals surface area contributed by atoms with Crippen molar-refractivity contribution >= 4 is 17.9 Å². The average Bonchev–Trinajstić information content (AvgIpc) is 3.87. The van der Waals surface area contributed by atoms with Crippen molar-refractivity contribution in [3.05, 3.63) is 185 Å². The van der Waals surface area contributed by atoms with Crippen LogP contribution in [-0.2, 0) is 17.1 Å². The van der Waals surface area contributed by atoms with E-state index >= 15 is 0 Å². The number of allylic oxidation sites excluding steroid dienone is 12. The predicted molar refractivity (Wildman–Crippen MR) is 199 cm³/mol. The Balaban J connectivity index is 0.000000352. The number of ketones is 1. The van der Waals surface area contributed by atoms with E-state index in [1.54, 1.807) is 19.3 Å². The van der Waals surface area contributed by atoms with Gasteiger partial charge in [-0.3, -0.25) is 4.79 Å². The standard InChI is InChI=1S/C31H36O3.C14H12O.Fe/c1-34-28-22-20-27(21-23-28)30(32)18-11-6-4-2-3-5-10-15-26-16-12-17-29(26)31(33)24-19-25-13-8-7-9-14-25;15-14(13-8-4-5-9-13)11-10-12-6-2-1-3-7-12;/h7-9,12-14,16-17,19-24,33H,2-6,10-11,15,18H2,1H3;1-11,15H;/q;;+2/p-2. The van der Waals surface area contributed by atoms with Crippen molar-refractivity contribution in [2.75, 3.05) is 7.11 Å². The summed E-state index contributed by atoms with van der Waals surface area (Å²) in [5.41, 5.74) is 5.56. The topological polar surface area (TPSA) is 72.4 Å². The number of carbonyl (C=O) groups is 1. The van der Waals surface area contributed by atoms with Gasteiger partial charge in [0, 0.05) is 12.0 Å². The third-order valence-electron chi connectivity index (χ3n) is 8.33. The van der Waals surface area contributed by atoms with E-state index in [1.807, 2.05) is 134 Å². The molecule has 5 heteroatoms. The van der Waals surface area contributed by atoms with Gasteiger partial charge >= 0.3 is 17.1 Å². The number of rotatable bonds is 16. The molecule has 0 heterocycles. The van der Waals surface area contributed by atoms with E-state index in [-0.39, 0.29) is 34.4 Å². The van der Waals surface area contributed by atoms with E-state index in [9.17, 15) is 15.0 Å². The molecule has 3 aromatic carbocycles. The molecule has 0 aromatic heterocycles. The molecule has 0 unspecified atom stereocenters. The zero-order chi connectivity index (χ0) is 34.5. The van der Waals surface area contributed by atoms with Crippen molar-refractivity contribution in [3.63, 3.8) is 0 Å². The van der Waals surface area contributed by atoms with Gasteiger partial charge in [-0.2, -0.15) is 0 Å². The number of hydrogen-bond donors (Lipinski definition) is 0. The monoisotopic (exact) mass is 706 g/mol. The molecule has 0 saturated carbocycles. The molecule has 0 radical (unpaired) electrons. The van der Waals surface area contributed by atoms with Crippen molar-refractivity contribution in [3.8, 4) is 5.75 Å². The van der Waals surface area contributed by atoms with Crippen LogP contribution in [0.15, 0.2) is 168 Å². The van der Waals surface area contributed by atoms with Gasteiger partial charge in [0.2, 0.25) is 0 Å². The van der Waals surface area contributed by atoms with Gasteiger partial charge in [-0.05, 0) is 71.4 Å². The Labute approximate surface area is 308 Å². The second-order valence-corrected chi connectivity index (χ2v) is 12.0.